The summed E-state index contributed by atoms with van der Waals surface area (Å²) in [6.45, 7) is 13.7. The number of phenolic OH excluding ortho intramolecular Hbond substituents is 2. The Morgan fingerprint density at radius 1 is 0.985 bits per heavy atom. The van der Waals surface area contributed by atoms with Gasteiger partial charge in [0, 0.05) is 80.2 Å². The second-order valence-electron chi connectivity index (χ2n) is 17.0. The molecule has 18 nitrogen and oxygen atoms in total. The van der Waals surface area contributed by atoms with Gasteiger partial charge in [-0.3, -0.25) is 28.3 Å². The number of thiol groups is 1. The summed E-state index contributed by atoms with van der Waals surface area (Å²) in [6.07, 6.45) is 3.21. The summed E-state index contributed by atoms with van der Waals surface area (Å²) in [5.41, 5.74) is -2.04. The first-order valence-electron chi connectivity index (χ1n) is 21.3. The number of methoxy groups -OCH3 is 1. The Morgan fingerprint density at radius 2 is 1.68 bits per heavy atom. The zero-order valence-electron chi connectivity index (χ0n) is 38.2. The number of phenols is 2. The van der Waals surface area contributed by atoms with Gasteiger partial charge in [-0.15, -0.1) is 0 Å². The molecular formula is C47H55N3O15S. The number of aromatic hydroxyl groups is 2. The molecule has 0 fully saturated rings. The van der Waals surface area contributed by atoms with Crippen LogP contribution in [-0.4, -0.2) is 104 Å². The van der Waals surface area contributed by atoms with Crippen molar-refractivity contribution >= 4 is 63.9 Å². The van der Waals surface area contributed by atoms with Gasteiger partial charge in [-0.05, 0) is 19.9 Å². The van der Waals surface area contributed by atoms with Gasteiger partial charge in [-0.25, -0.2) is 4.98 Å². The smallest absolute Gasteiger partial charge is 0.312 e. The summed E-state index contributed by atoms with van der Waals surface area (Å²) in [7, 11) is 1.42. The molecule has 19 heteroatoms. The van der Waals surface area contributed by atoms with Gasteiger partial charge in [-0.2, -0.15) is 0 Å². The highest BCUT2D eigenvalue weighted by Crippen LogP contribution is 2.51. The minimum atomic E-state index is -2.12. The number of Topliss-reactive ketones (excluding diaryl/α,β-unsaturated/α-hetero) is 1. The molecule has 5 N–H and O–H groups in total. The van der Waals surface area contributed by atoms with E-state index in [0.717, 1.165) is 4.31 Å². The number of amides is 2. The first-order chi connectivity index (χ1) is 31.0. The van der Waals surface area contributed by atoms with Gasteiger partial charge in [-0.1, -0.05) is 58.7 Å². The molecule has 2 amide bonds. The van der Waals surface area contributed by atoms with Crippen LogP contribution in [0.15, 0.2) is 57.5 Å². The Balaban J connectivity index is 1.58. The lowest BCUT2D eigenvalue weighted by atomic mass is 9.78. The van der Waals surface area contributed by atoms with E-state index in [2.05, 4.69) is 23.1 Å². The third-order valence-electron chi connectivity index (χ3n) is 12.3. The van der Waals surface area contributed by atoms with E-state index in [0.29, 0.717) is 0 Å². The average molecular weight is 934 g/mol. The molecule has 9 atom stereocenters. The number of fused-ring (bicyclic) bond motifs is 2. The molecule has 0 spiro atoms. The van der Waals surface area contributed by atoms with E-state index in [1.165, 1.54) is 78.4 Å². The summed E-state index contributed by atoms with van der Waals surface area (Å²) in [5, 5.41) is 48.0. The van der Waals surface area contributed by atoms with Crippen LogP contribution in [0.3, 0.4) is 0 Å². The van der Waals surface area contributed by atoms with Crippen LogP contribution < -0.4 is 20.2 Å². The number of nitrogens with zero attached hydrogens (tertiary/aromatic N) is 2. The van der Waals surface area contributed by atoms with Crippen LogP contribution in [0.1, 0.15) is 71.3 Å². The predicted molar refractivity (Wildman–Crippen MR) is 244 cm³/mol. The van der Waals surface area contributed by atoms with Crippen LogP contribution in [0, 0.1) is 30.6 Å². The van der Waals surface area contributed by atoms with Crippen LogP contribution in [0.2, 0.25) is 0 Å². The molecule has 0 unspecified atom stereocenters. The molecule has 4 bridgehead atoms. The first-order valence-corrected chi connectivity index (χ1v) is 21.7. The largest absolute Gasteiger partial charge is 0.507 e. The number of aliphatic hydroxyl groups excluding tert-OH is 2. The average Bonchev–Trinajstić information content (AvgIpc) is 3.53. The van der Waals surface area contributed by atoms with Crippen LogP contribution in [0.4, 0.5) is 5.69 Å². The number of aliphatic hydroxyl groups is 2. The van der Waals surface area contributed by atoms with E-state index in [-0.39, 0.29) is 75.2 Å². The molecule has 6 rings (SSSR count). The molecule has 66 heavy (non-hydrogen) atoms. The van der Waals surface area contributed by atoms with E-state index >= 15 is 0 Å². The lowest BCUT2D eigenvalue weighted by Gasteiger charge is -2.38. The summed E-state index contributed by atoms with van der Waals surface area (Å²) in [6, 6.07) is 2.61. The number of ketones is 1. The van der Waals surface area contributed by atoms with Crippen LogP contribution in [0.25, 0.3) is 33.3 Å². The number of ether oxygens (including phenoxy) is 5. The molecule has 1 aliphatic carbocycles. The molecule has 354 valence electrons. The summed E-state index contributed by atoms with van der Waals surface area (Å²) in [5.74, 6) is -8.71. The number of nitrogens with one attached hydrogen (secondary N) is 1. The van der Waals surface area contributed by atoms with Gasteiger partial charge in [0.2, 0.25) is 11.3 Å². The highest BCUT2D eigenvalue weighted by atomic mass is 32.1. The van der Waals surface area contributed by atoms with Crippen molar-refractivity contribution < 1.29 is 67.7 Å². The number of esters is 1. The van der Waals surface area contributed by atoms with Crippen molar-refractivity contribution in [2.45, 2.75) is 92.5 Å². The number of hydrogen-bond acceptors (Lipinski definition) is 17. The molecule has 0 aromatic heterocycles. The highest BCUT2D eigenvalue weighted by molar-refractivity contribution is 7.78. The Hall–Kier alpha value is -6.15. The van der Waals surface area contributed by atoms with Crippen molar-refractivity contribution in [3.8, 4) is 34.5 Å². The monoisotopic (exact) mass is 933 g/mol. The number of benzene rings is 3. The minimum Gasteiger partial charge on any atom is -0.507 e. The standard InChI is InChI=1S/C47H55N3O15S/c1-20-12-11-13-21(2)46(59)49-37-41(57)33-32(36-44(37)64-31-19-28(18-29(53)35(31)48-36)61-17-15-50(66)26(7)51)34-43(25(6)40(33)56)65-47(9,45(34)58)62-16-14-30(60-10)22(3)42(63-27(8)52)24(5)39(55)23(4)38(20)54/h11-14,16,18-20,22-24,30,38-39,42,53-56,66H,15,17H2,1-10H3,(H,49,59)/b12-11+,16-14+,21-13-/t20-,22+,23+,24+,30-,38-,39+,42+,47-/m0/s1. The van der Waals surface area contributed by atoms with Gasteiger partial charge < -0.3 is 53.8 Å². The van der Waals surface area contributed by atoms with Crippen molar-refractivity contribution in [3.63, 3.8) is 0 Å². The first kappa shape index (κ1) is 49.3. The SMILES string of the molecule is CO[C@H]1/C=C/O[C@@]2(C)Oc3c(C)c(O)c4c(=O)c(c5oc6cc(OCCN(S)C(C)=O)cc(O)c6nc-5c4c3C2=O)NC(=O)/C(C)=C\C=C\[C@H](C)[C@H](O)[C@@H](C)[C@@H](O)[C@@H](C)[C@H](OC(C)=O)[C@@H]1C. The van der Waals surface area contributed by atoms with Gasteiger partial charge in [0.05, 0.1) is 42.1 Å². The Bertz CT molecular complexity index is 2710. The number of carbonyl (C=O) groups excluding carboxylic acids is 4. The maximum atomic E-state index is 14.7. The molecule has 3 aliphatic heterocycles. The maximum Gasteiger partial charge on any atom is 0.312 e. The molecule has 0 saturated heterocycles. The van der Waals surface area contributed by atoms with Gasteiger partial charge in [0.1, 0.15) is 52.6 Å². The number of hydrogen-bond donors (Lipinski definition) is 6. The molecule has 3 heterocycles. The van der Waals surface area contributed by atoms with E-state index in [4.69, 9.17) is 28.1 Å². The maximum absolute atomic E-state index is 14.7. The topological polar surface area (TPSA) is 254 Å². The van der Waals surface area contributed by atoms with E-state index in [1.807, 2.05) is 0 Å². The molecule has 2 aromatic carbocycles. The van der Waals surface area contributed by atoms with Crippen LogP contribution >= 0.6 is 12.8 Å². The number of rotatable bonds is 6. The van der Waals surface area contributed by atoms with E-state index < -0.39 is 99.5 Å². The van der Waals surface area contributed by atoms with Gasteiger partial charge in [0.25, 0.3) is 11.7 Å². The van der Waals surface area contributed by atoms with E-state index in [1.54, 1.807) is 33.8 Å². The lowest BCUT2D eigenvalue weighted by molar-refractivity contribution is -0.160. The predicted octanol–water partition coefficient (Wildman–Crippen LogP) is 5.73. The molecule has 0 radical (unpaired) electrons. The normalized spacial score (nSPS) is 28.0. The quantitative estimate of drug-likeness (QED) is 0.0585. The molecule has 4 aliphatic rings. The second-order valence-corrected chi connectivity index (χ2v) is 17.5. The minimum absolute atomic E-state index is 0.0137. The van der Waals surface area contributed by atoms with Gasteiger partial charge >= 0.3 is 11.8 Å². The van der Waals surface area contributed by atoms with Crippen molar-refractivity contribution in [2.24, 2.45) is 23.7 Å². The van der Waals surface area contributed by atoms with E-state index in [9.17, 15) is 44.4 Å². The third-order valence-corrected chi connectivity index (χ3v) is 12.8. The van der Waals surface area contributed by atoms with Crippen LogP contribution in [-0.2, 0) is 28.6 Å². The fourth-order valence-corrected chi connectivity index (χ4v) is 8.44. The Kier molecular flexibility index (Phi) is 14.5. The molecule has 0 saturated carbocycles. The fourth-order valence-electron chi connectivity index (χ4n) is 8.36. The highest BCUT2D eigenvalue weighted by Gasteiger charge is 2.50. The van der Waals surface area contributed by atoms with Crippen molar-refractivity contribution in [1.29, 1.82) is 0 Å². The molecular weight excluding hydrogens is 879 g/mol. The van der Waals surface area contributed by atoms with Crippen molar-refractivity contribution in [3.05, 3.63) is 69.6 Å². The van der Waals surface area contributed by atoms with Gasteiger partial charge in [0.15, 0.2) is 11.3 Å². The molecule has 2 aromatic rings. The second kappa shape index (κ2) is 19.4. The number of aromatic nitrogens is 1. The summed E-state index contributed by atoms with van der Waals surface area (Å²) in [4.78, 5) is 72.1. The summed E-state index contributed by atoms with van der Waals surface area (Å²) >= 11 is 4.10. The van der Waals surface area contributed by atoms with Crippen LogP contribution in [0.5, 0.6) is 23.0 Å². The number of anilines is 1. The zero-order chi connectivity index (χ0) is 48.7. The fraction of sp³-hybridized carbons (Fsp3) is 0.447. The third kappa shape index (κ3) is 9.29. The number of carbonyl (C=O) groups is 4. The zero-order valence-corrected chi connectivity index (χ0v) is 39.1. The Labute approximate surface area is 385 Å². The lowest BCUT2D eigenvalue weighted by Crippen LogP contribution is -2.46. The Morgan fingerprint density at radius 3 is 2.33 bits per heavy atom. The van der Waals surface area contributed by atoms with Crippen molar-refractivity contribution in [2.75, 3.05) is 25.6 Å². The van der Waals surface area contributed by atoms with Crippen molar-refractivity contribution in [1.82, 2.24) is 9.29 Å². The summed E-state index contributed by atoms with van der Waals surface area (Å²) < 4.78 is 36.9. The number of allylic oxidation sites excluding steroid dienone is 2.